The van der Waals surface area contributed by atoms with Gasteiger partial charge in [0.1, 0.15) is 17.7 Å². The fraction of sp³-hybridized carbons (Fsp3) is 0.412. The quantitative estimate of drug-likeness (QED) is 0.240. The summed E-state index contributed by atoms with van der Waals surface area (Å²) in [4.78, 5) is 57.6. The number of nitrogens with one attached hydrogen (secondary N) is 1. The van der Waals surface area contributed by atoms with Crippen LogP contribution in [0.3, 0.4) is 0 Å². The molecular weight excluding hydrogens is 598 g/mol. The first kappa shape index (κ1) is 32.4. The van der Waals surface area contributed by atoms with Crippen molar-refractivity contribution >= 4 is 41.0 Å². The van der Waals surface area contributed by atoms with Crippen LogP contribution < -0.4 is 10.2 Å². The second-order valence-corrected chi connectivity index (χ2v) is 11.9. The van der Waals surface area contributed by atoms with Crippen molar-refractivity contribution in [3.8, 4) is 0 Å². The zero-order chi connectivity index (χ0) is 32.1. The number of para-hydroxylation sites is 1. The van der Waals surface area contributed by atoms with E-state index in [2.05, 4.69) is 18.5 Å². The fourth-order valence-electron chi connectivity index (χ4n) is 6.95. The van der Waals surface area contributed by atoms with Crippen molar-refractivity contribution in [1.29, 1.82) is 0 Å². The molecule has 2 aromatic rings. The largest absolute Gasteiger partial charge is 0.455 e. The number of likely N-dealkylation sites (tertiary alicyclic amines) is 1. The summed E-state index contributed by atoms with van der Waals surface area (Å²) in [7, 11) is 0. The molecule has 11 heteroatoms. The molecule has 3 aliphatic heterocycles. The van der Waals surface area contributed by atoms with Crippen LogP contribution in [0.25, 0.3) is 0 Å². The molecule has 2 bridgehead atoms. The third-order valence-electron chi connectivity index (χ3n) is 8.86. The topological polar surface area (TPSA) is 125 Å². The monoisotopic (exact) mass is 635 g/mol. The number of allylic oxidation sites excluding steroid dienone is 1. The second-order valence-electron chi connectivity index (χ2n) is 11.5. The van der Waals surface area contributed by atoms with Crippen LogP contribution in [0.2, 0.25) is 5.02 Å². The molecule has 2 N–H and O–H groups in total. The lowest BCUT2D eigenvalue weighted by molar-refractivity contribution is -0.160. The average molecular weight is 636 g/mol. The lowest BCUT2D eigenvalue weighted by Gasteiger charge is -2.36. The van der Waals surface area contributed by atoms with E-state index in [0.29, 0.717) is 35.5 Å². The van der Waals surface area contributed by atoms with Gasteiger partial charge in [0, 0.05) is 19.5 Å². The summed E-state index contributed by atoms with van der Waals surface area (Å²) < 4.78 is 12.5. The number of hydrogen-bond donors (Lipinski definition) is 2. The zero-order valence-corrected chi connectivity index (χ0v) is 25.7. The van der Waals surface area contributed by atoms with Crippen molar-refractivity contribution in [2.45, 2.75) is 49.5 Å². The molecule has 0 unspecified atom stereocenters. The Labute approximate surface area is 267 Å². The Balaban J connectivity index is 1.44. The SMILES string of the molecule is C=CCCC(=O)NC[C@H](OC(=O)[C@@H]1[C@@H]2CC[C@]3(O2)[C@H](C(=O)N(CC=C)c2ccccc2Cl)N(CCO)C(=O)[C@@H]13)c1ccccc1. The molecule has 45 heavy (non-hydrogen) atoms. The van der Waals surface area contributed by atoms with E-state index in [1.807, 2.05) is 18.2 Å². The number of amides is 3. The number of carbonyl (C=O) groups is 4. The maximum atomic E-state index is 14.4. The number of fused-ring (bicyclic) bond motifs is 1. The predicted octanol–water partition coefficient (Wildman–Crippen LogP) is 3.59. The third-order valence-corrected chi connectivity index (χ3v) is 9.18. The van der Waals surface area contributed by atoms with Gasteiger partial charge < -0.3 is 29.7 Å². The van der Waals surface area contributed by atoms with E-state index in [0.717, 1.165) is 0 Å². The van der Waals surface area contributed by atoms with Gasteiger partial charge in [-0.25, -0.2) is 0 Å². The molecule has 3 fully saturated rings. The number of hydrogen-bond acceptors (Lipinski definition) is 7. The van der Waals surface area contributed by atoms with Gasteiger partial charge in [0.15, 0.2) is 0 Å². The number of halogens is 1. The Kier molecular flexibility index (Phi) is 10.1. The summed E-state index contributed by atoms with van der Waals surface area (Å²) in [6.45, 7) is 7.10. The minimum absolute atomic E-state index is 0.0415. The van der Waals surface area contributed by atoms with Gasteiger partial charge in [0.05, 0.1) is 41.8 Å². The molecular formula is C34H38ClN3O7. The van der Waals surface area contributed by atoms with Crippen molar-refractivity contribution < 1.29 is 33.8 Å². The lowest BCUT2D eigenvalue weighted by Crippen LogP contribution is -2.57. The molecule has 238 valence electrons. The number of rotatable bonds is 14. The Hall–Kier alpha value is -3.99. The Morgan fingerprint density at radius 1 is 1.16 bits per heavy atom. The van der Waals surface area contributed by atoms with Crippen molar-refractivity contribution in [2.24, 2.45) is 11.8 Å². The summed E-state index contributed by atoms with van der Waals surface area (Å²) in [6, 6.07) is 14.8. The van der Waals surface area contributed by atoms with E-state index < -0.39 is 53.5 Å². The number of anilines is 1. The molecule has 3 saturated heterocycles. The smallest absolute Gasteiger partial charge is 0.313 e. The van der Waals surface area contributed by atoms with E-state index >= 15 is 0 Å². The van der Waals surface area contributed by atoms with Crippen LogP contribution in [0, 0.1) is 11.8 Å². The third kappa shape index (κ3) is 6.14. The first-order chi connectivity index (χ1) is 21.8. The zero-order valence-electron chi connectivity index (χ0n) is 25.0. The van der Waals surface area contributed by atoms with Gasteiger partial charge in [-0.3, -0.25) is 19.2 Å². The van der Waals surface area contributed by atoms with Crippen molar-refractivity contribution in [3.63, 3.8) is 0 Å². The first-order valence-corrected chi connectivity index (χ1v) is 15.5. The number of carbonyl (C=O) groups excluding carboxylic acids is 4. The molecule has 3 heterocycles. The molecule has 2 aromatic carbocycles. The van der Waals surface area contributed by atoms with Crippen molar-refractivity contribution in [3.05, 3.63) is 90.5 Å². The average Bonchev–Trinajstić information content (AvgIpc) is 3.69. The highest BCUT2D eigenvalue weighted by molar-refractivity contribution is 6.34. The van der Waals surface area contributed by atoms with E-state index in [1.54, 1.807) is 48.6 Å². The molecule has 0 radical (unpaired) electrons. The highest BCUT2D eigenvalue weighted by atomic mass is 35.5. The first-order valence-electron chi connectivity index (χ1n) is 15.2. The Morgan fingerprint density at radius 2 is 1.89 bits per heavy atom. The minimum atomic E-state index is -1.29. The van der Waals surface area contributed by atoms with Gasteiger partial charge >= 0.3 is 5.97 Å². The van der Waals surface area contributed by atoms with Gasteiger partial charge in [-0.05, 0) is 37.0 Å². The standard InChI is InChI=1S/C34H38ClN3O7/c1-3-5-15-27(40)36-21-26(22-11-7-6-8-12-22)44-33(43)28-25-16-17-34(45-25)29(28)31(41)38(19-20-39)30(34)32(42)37(18-4-2)24-14-10-9-13-23(24)35/h3-4,6-14,25-26,28-30,39H,1-2,5,15-21H2,(H,36,40)/t25-,26-,28+,29+,30-,34+/m0/s1. The van der Waals surface area contributed by atoms with E-state index in [9.17, 15) is 24.3 Å². The predicted molar refractivity (Wildman–Crippen MR) is 168 cm³/mol. The number of aliphatic hydroxyl groups excluding tert-OH is 1. The van der Waals surface area contributed by atoms with Crippen molar-refractivity contribution in [2.75, 3.05) is 31.1 Å². The molecule has 1 spiro atoms. The van der Waals surface area contributed by atoms with Crippen LogP contribution >= 0.6 is 11.6 Å². The van der Waals surface area contributed by atoms with E-state index in [1.165, 1.54) is 9.80 Å². The number of benzene rings is 2. The Morgan fingerprint density at radius 3 is 2.58 bits per heavy atom. The van der Waals surface area contributed by atoms with Crippen LogP contribution in [0.5, 0.6) is 0 Å². The van der Waals surface area contributed by atoms with Gasteiger partial charge in [-0.1, -0.05) is 66.2 Å². The number of β-amino-alcohol motifs (C(OH)–C–C–N with tert-alkyl or cyclic N) is 1. The number of esters is 1. The molecule has 0 aliphatic carbocycles. The number of ether oxygens (including phenoxy) is 2. The normalized spacial score (nSPS) is 25.4. The maximum absolute atomic E-state index is 14.4. The molecule has 10 nitrogen and oxygen atoms in total. The highest BCUT2D eigenvalue weighted by Crippen LogP contribution is 2.59. The van der Waals surface area contributed by atoms with Gasteiger partial charge in [-0.2, -0.15) is 0 Å². The summed E-state index contributed by atoms with van der Waals surface area (Å²) in [5.41, 5.74) is -0.162. The maximum Gasteiger partial charge on any atom is 0.313 e. The summed E-state index contributed by atoms with van der Waals surface area (Å²) >= 11 is 6.48. The molecule has 5 rings (SSSR count). The summed E-state index contributed by atoms with van der Waals surface area (Å²) in [5, 5.41) is 13.1. The van der Waals surface area contributed by atoms with Crippen LogP contribution in [0.15, 0.2) is 79.9 Å². The second kappa shape index (κ2) is 14.0. The number of nitrogens with zero attached hydrogens (tertiary/aromatic N) is 2. The van der Waals surface area contributed by atoms with Crippen molar-refractivity contribution in [1.82, 2.24) is 10.2 Å². The van der Waals surface area contributed by atoms with E-state index in [4.69, 9.17) is 21.1 Å². The van der Waals surface area contributed by atoms with Crippen LogP contribution in [0.1, 0.15) is 37.4 Å². The van der Waals surface area contributed by atoms with E-state index in [-0.39, 0.29) is 38.6 Å². The minimum Gasteiger partial charge on any atom is -0.455 e. The van der Waals surface area contributed by atoms with Crippen LogP contribution in [-0.2, 0) is 28.7 Å². The van der Waals surface area contributed by atoms with Gasteiger partial charge in [0.2, 0.25) is 11.8 Å². The highest BCUT2D eigenvalue weighted by Gasteiger charge is 2.75. The van der Waals surface area contributed by atoms with Gasteiger partial charge in [0.25, 0.3) is 5.91 Å². The number of aliphatic hydroxyl groups is 1. The molecule has 6 atom stereocenters. The van der Waals surface area contributed by atoms with Gasteiger partial charge in [-0.15, -0.1) is 13.2 Å². The molecule has 3 amide bonds. The molecule has 0 saturated carbocycles. The lowest BCUT2D eigenvalue weighted by atomic mass is 9.70. The fourth-order valence-corrected chi connectivity index (χ4v) is 7.18. The summed E-state index contributed by atoms with van der Waals surface area (Å²) in [6.07, 6.45) is 3.36. The molecule has 3 aliphatic rings. The van der Waals surface area contributed by atoms with Crippen LogP contribution in [0.4, 0.5) is 5.69 Å². The Bertz CT molecular complexity index is 1450. The van der Waals surface area contributed by atoms with Crippen LogP contribution in [-0.4, -0.2) is 77.7 Å². The summed E-state index contributed by atoms with van der Waals surface area (Å²) in [5.74, 6) is -3.69. The molecule has 0 aromatic heterocycles.